The van der Waals surface area contributed by atoms with Crippen LogP contribution in [0.3, 0.4) is 0 Å². The first-order chi connectivity index (χ1) is 21.4. The summed E-state index contributed by atoms with van der Waals surface area (Å²) in [7, 11) is 0. The number of nitriles is 1. The SMILES string of the molecule is N#CC1(Cn2ccc3cc(Cl)cc(-c4ccnc5cc(CN6C(=O)C7CCC7C6=O)sc45)c32)CCNCC1.O=C(O)C(F)(F)F. The molecule has 2 atom stereocenters. The highest BCUT2D eigenvalue weighted by Crippen LogP contribution is 2.44. The molecule has 3 fully saturated rings. The topological polar surface area (TPSA) is 128 Å². The van der Waals surface area contributed by atoms with Crippen molar-refractivity contribution < 1.29 is 32.7 Å². The summed E-state index contributed by atoms with van der Waals surface area (Å²) in [4.78, 5) is 41.4. The number of carbonyl (C=O) groups excluding carboxylic acids is 2. The quantitative estimate of drug-likeness (QED) is 0.252. The molecule has 14 heteroatoms. The number of likely N-dealkylation sites (tertiary alicyclic amines) is 1. The number of nitrogens with one attached hydrogen (secondary N) is 1. The fourth-order valence-corrected chi connectivity index (χ4v) is 7.73. The minimum absolute atomic E-state index is 0.0319. The lowest BCUT2D eigenvalue weighted by molar-refractivity contribution is -0.192. The zero-order chi connectivity index (χ0) is 32.1. The maximum atomic E-state index is 12.7. The van der Waals surface area contributed by atoms with Crippen molar-refractivity contribution in [3.05, 3.63) is 52.6 Å². The largest absolute Gasteiger partial charge is 0.490 e. The molecule has 1 aliphatic carbocycles. The Kier molecular flexibility index (Phi) is 8.09. The van der Waals surface area contributed by atoms with Gasteiger partial charge in [-0.15, -0.1) is 11.3 Å². The van der Waals surface area contributed by atoms with Gasteiger partial charge in [-0.1, -0.05) is 11.6 Å². The fourth-order valence-electron chi connectivity index (χ4n) is 6.38. The predicted octanol–water partition coefficient (Wildman–Crippen LogP) is 5.99. The highest BCUT2D eigenvalue weighted by atomic mass is 35.5. The van der Waals surface area contributed by atoms with Crippen molar-refractivity contribution in [2.24, 2.45) is 17.3 Å². The summed E-state index contributed by atoms with van der Waals surface area (Å²) < 4.78 is 34.9. The maximum Gasteiger partial charge on any atom is 0.490 e. The van der Waals surface area contributed by atoms with Crippen LogP contribution in [0.15, 0.2) is 42.7 Å². The molecule has 2 aliphatic heterocycles. The van der Waals surface area contributed by atoms with Crippen LogP contribution in [0, 0.1) is 28.6 Å². The second kappa shape index (κ2) is 11.7. The zero-order valence-corrected chi connectivity index (χ0v) is 25.3. The smallest absolute Gasteiger partial charge is 0.475 e. The van der Waals surface area contributed by atoms with Crippen LogP contribution in [0.25, 0.3) is 32.2 Å². The van der Waals surface area contributed by atoms with Crippen molar-refractivity contribution >= 4 is 61.8 Å². The predicted molar refractivity (Wildman–Crippen MR) is 161 cm³/mol. The van der Waals surface area contributed by atoms with Crippen molar-refractivity contribution in [1.82, 2.24) is 19.8 Å². The van der Waals surface area contributed by atoms with Crippen molar-refractivity contribution in [3.63, 3.8) is 0 Å². The number of piperidine rings is 1. The second-order valence-corrected chi connectivity index (χ2v) is 13.2. The van der Waals surface area contributed by atoms with E-state index in [0.29, 0.717) is 18.1 Å². The molecule has 2 amide bonds. The summed E-state index contributed by atoms with van der Waals surface area (Å²) in [6.07, 6.45) is 2.04. The molecule has 2 saturated heterocycles. The number of hydrogen-bond acceptors (Lipinski definition) is 7. The Hall–Kier alpha value is -3.99. The van der Waals surface area contributed by atoms with Crippen LogP contribution in [0.4, 0.5) is 13.2 Å². The molecular weight excluding hydrogens is 631 g/mol. The van der Waals surface area contributed by atoms with Crippen LogP contribution in [-0.4, -0.2) is 56.6 Å². The van der Waals surface area contributed by atoms with E-state index in [0.717, 1.165) is 75.9 Å². The molecular formula is C31H27ClF3N5O4S. The van der Waals surface area contributed by atoms with E-state index in [1.165, 1.54) is 4.90 Å². The number of halogens is 4. The number of aliphatic carboxylic acids is 1. The molecule has 2 unspecified atom stereocenters. The number of nitrogens with zero attached hydrogens (tertiary/aromatic N) is 4. The molecule has 1 saturated carbocycles. The number of amides is 2. The van der Waals surface area contributed by atoms with Crippen LogP contribution in [-0.2, 0) is 27.5 Å². The molecule has 4 aromatic rings. The molecule has 3 aliphatic rings. The highest BCUT2D eigenvalue weighted by molar-refractivity contribution is 7.19. The Bertz CT molecular complexity index is 1850. The van der Waals surface area contributed by atoms with Gasteiger partial charge in [0.25, 0.3) is 0 Å². The normalized spacial score (nSPS) is 20.8. The number of aromatic nitrogens is 2. The van der Waals surface area contributed by atoms with Crippen molar-refractivity contribution in [1.29, 1.82) is 5.26 Å². The lowest BCUT2D eigenvalue weighted by atomic mass is 9.76. The van der Waals surface area contributed by atoms with Gasteiger partial charge in [0.15, 0.2) is 0 Å². The number of rotatable bonds is 5. The number of imide groups is 1. The first-order valence-corrected chi connectivity index (χ1v) is 15.5. The molecule has 9 nitrogen and oxygen atoms in total. The van der Waals surface area contributed by atoms with Gasteiger partial charge in [0.05, 0.1) is 45.6 Å². The number of carboxylic acids is 1. The number of benzene rings is 1. The van der Waals surface area contributed by atoms with Crippen LogP contribution < -0.4 is 5.32 Å². The van der Waals surface area contributed by atoms with Gasteiger partial charge in [0, 0.05) is 45.4 Å². The molecule has 234 valence electrons. The number of carbonyl (C=O) groups is 3. The standard InChI is InChI=1S/C29H26ClN5O2S.C2HF3O2/c30-18-11-17-4-10-34(16-29(15-31)5-8-32-9-6-29)25(17)23(12-18)20-3-7-33-24-13-19(38-26(20)24)14-35-27(36)21-1-2-22(21)28(35)37;3-2(4,5)1(6)7/h3-4,7,10-13,21-22,32H,1-2,5-6,8-9,14,16H2;(H,6,7). The van der Waals surface area contributed by atoms with E-state index in [9.17, 15) is 28.0 Å². The third-order valence-corrected chi connectivity index (χ3v) is 10.2. The van der Waals surface area contributed by atoms with E-state index in [2.05, 4.69) is 33.2 Å². The Labute approximate surface area is 264 Å². The molecule has 5 heterocycles. The van der Waals surface area contributed by atoms with Crippen LogP contribution in [0.2, 0.25) is 5.02 Å². The van der Waals surface area contributed by atoms with Gasteiger partial charge in [-0.2, -0.15) is 18.4 Å². The first kappa shape index (κ1) is 31.0. The Balaban J connectivity index is 0.000000460. The summed E-state index contributed by atoms with van der Waals surface area (Å²) in [6.45, 7) is 2.61. The minimum Gasteiger partial charge on any atom is -0.475 e. The Morgan fingerprint density at radius 2 is 1.80 bits per heavy atom. The number of pyridine rings is 1. The summed E-state index contributed by atoms with van der Waals surface area (Å²) in [5.74, 6) is -3.05. The second-order valence-electron chi connectivity index (χ2n) is 11.6. The van der Waals surface area contributed by atoms with Crippen molar-refractivity contribution in [2.45, 2.75) is 44.9 Å². The third-order valence-electron chi connectivity index (χ3n) is 8.85. The molecule has 0 bridgehead atoms. The van der Waals surface area contributed by atoms with Crippen LogP contribution in [0.1, 0.15) is 30.6 Å². The average molecular weight is 658 g/mol. The zero-order valence-electron chi connectivity index (χ0n) is 23.7. The molecule has 2 N–H and O–H groups in total. The maximum absolute atomic E-state index is 12.7. The number of carboxylic acid groups (broad SMARTS) is 1. The van der Waals surface area contributed by atoms with Crippen molar-refractivity contribution in [3.8, 4) is 17.2 Å². The Morgan fingerprint density at radius 1 is 1.13 bits per heavy atom. The molecule has 7 rings (SSSR count). The number of alkyl halides is 3. The van der Waals surface area contributed by atoms with E-state index >= 15 is 0 Å². The van der Waals surface area contributed by atoms with Gasteiger partial charge in [0.1, 0.15) is 0 Å². The molecule has 45 heavy (non-hydrogen) atoms. The Morgan fingerprint density at radius 3 is 2.40 bits per heavy atom. The summed E-state index contributed by atoms with van der Waals surface area (Å²) in [6, 6.07) is 12.6. The van der Waals surface area contributed by atoms with Crippen molar-refractivity contribution in [2.75, 3.05) is 13.1 Å². The first-order valence-electron chi connectivity index (χ1n) is 14.3. The lowest BCUT2D eigenvalue weighted by Gasteiger charge is -2.32. The van der Waals surface area contributed by atoms with Crippen LogP contribution in [0.5, 0.6) is 0 Å². The van der Waals surface area contributed by atoms with Gasteiger partial charge in [-0.25, -0.2) is 4.79 Å². The fraction of sp³-hybridized carbons (Fsp3) is 0.387. The van der Waals surface area contributed by atoms with E-state index in [-0.39, 0.29) is 23.7 Å². The molecule has 0 spiro atoms. The molecule has 3 aromatic heterocycles. The van der Waals surface area contributed by atoms with Crippen LogP contribution >= 0.6 is 22.9 Å². The number of fused-ring (bicyclic) bond motifs is 3. The third kappa shape index (κ3) is 5.78. The monoisotopic (exact) mass is 657 g/mol. The lowest BCUT2D eigenvalue weighted by Crippen LogP contribution is -2.38. The number of thiophene rings is 1. The minimum atomic E-state index is -5.08. The average Bonchev–Trinajstić information content (AvgIpc) is 3.62. The van der Waals surface area contributed by atoms with E-state index in [4.69, 9.17) is 21.5 Å². The van der Waals surface area contributed by atoms with Gasteiger partial charge >= 0.3 is 12.1 Å². The molecule has 0 radical (unpaired) electrons. The van der Waals surface area contributed by atoms with E-state index in [1.54, 1.807) is 17.5 Å². The van der Waals surface area contributed by atoms with Gasteiger partial charge in [-0.3, -0.25) is 19.5 Å². The van der Waals surface area contributed by atoms with Gasteiger partial charge in [0.2, 0.25) is 11.8 Å². The number of hydrogen-bond donors (Lipinski definition) is 2. The highest BCUT2D eigenvalue weighted by Gasteiger charge is 2.52. The van der Waals surface area contributed by atoms with Gasteiger partial charge in [-0.05, 0) is 69.1 Å². The summed E-state index contributed by atoms with van der Waals surface area (Å²) >= 11 is 8.17. The van der Waals surface area contributed by atoms with Gasteiger partial charge < -0.3 is 15.0 Å². The van der Waals surface area contributed by atoms with E-state index < -0.39 is 17.6 Å². The summed E-state index contributed by atoms with van der Waals surface area (Å²) in [5, 5.41) is 22.3. The van der Waals surface area contributed by atoms with E-state index in [1.807, 2.05) is 24.3 Å². The molecule has 1 aromatic carbocycles. The summed E-state index contributed by atoms with van der Waals surface area (Å²) in [5.41, 5.74) is 3.47.